The van der Waals surface area contributed by atoms with Gasteiger partial charge in [-0.1, -0.05) is 0 Å². The van der Waals surface area contributed by atoms with E-state index in [9.17, 15) is 4.79 Å². The normalized spacial score (nSPS) is 14.6. The van der Waals surface area contributed by atoms with E-state index in [1.165, 1.54) is 0 Å². The standard InChI is InChI=1S/C6H14N2O3.ClH/c7-3-1-2-4(9)5(8)6(10)11;/h4-5,9H,1-3,7-8H2,(H,10,11);1H/t4-,5+;/m1./s1. The topological polar surface area (TPSA) is 110 Å². The van der Waals surface area contributed by atoms with Crippen LogP contribution < -0.4 is 11.5 Å². The molecule has 0 aromatic carbocycles. The molecule has 0 aromatic heterocycles. The summed E-state index contributed by atoms with van der Waals surface area (Å²) in [6.07, 6.45) is -0.0670. The highest BCUT2D eigenvalue weighted by Gasteiger charge is 2.20. The summed E-state index contributed by atoms with van der Waals surface area (Å²) in [5.41, 5.74) is 10.3. The number of nitrogens with two attached hydrogens (primary N) is 2. The van der Waals surface area contributed by atoms with E-state index >= 15 is 0 Å². The van der Waals surface area contributed by atoms with Gasteiger partial charge in [0, 0.05) is 0 Å². The Balaban J connectivity index is 0. The number of hydrogen-bond donors (Lipinski definition) is 4. The van der Waals surface area contributed by atoms with Gasteiger partial charge in [-0.25, -0.2) is 0 Å². The average molecular weight is 199 g/mol. The molecule has 0 aliphatic carbocycles. The highest BCUT2D eigenvalue weighted by Crippen LogP contribution is 1.99. The summed E-state index contributed by atoms with van der Waals surface area (Å²) >= 11 is 0. The van der Waals surface area contributed by atoms with E-state index in [0.717, 1.165) is 0 Å². The first-order chi connectivity index (χ1) is 5.09. The summed E-state index contributed by atoms with van der Waals surface area (Å²) in [6.45, 7) is 0.434. The lowest BCUT2D eigenvalue weighted by Crippen LogP contribution is -2.41. The Hall–Kier alpha value is -0.360. The number of aliphatic carboxylic acids is 1. The third-order valence-electron chi connectivity index (χ3n) is 1.40. The molecule has 0 radical (unpaired) electrons. The molecule has 0 unspecified atom stereocenters. The van der Waals surface area contributed by atoms with Gasteiger partial charge in [-0.3, -0.25) is 4.79 Å². The number of aliphatic hydroxyl groups is 1. The number of carboxylic acid groups (broad SMARTS) is 1. The van der Waals surface area contributed by atoms with E-state index in [-0.39, 0.29) is 12.4 Å². The highest BCUT2D eigenvalue weighted by atomic mass is 35.5. The monoisotopic (exact) mass is 198 g/mol. The third kappa shape index (κ3) is 5.31. The maximum atomic E-state index is 10.2. The van der Waals surface area contributed by atoms with Gasteiger partial charge in [-0.2, -0.15) is 0 Å². The summed E-state index contributed by atoms with van der Waals surface area (Å²) in [5.74, 6) is -1.19. The Morgan fingerprint density at radius 2 is 2.00 bits per heavy atom. The molecule has 0 bridgehead atoms. The van der Waals surface area contributed by atoms with Crippen LogP contribution in [0.3, 0.4) is 0 Å². The lowest BCUT2D eigenvalue weighted by molar-refractivity contribution is -0.141. The van der Waals surface area contributed by atoms with Crippen LogP contribution in [0.1, 0.15) is 12.8 Å². The first-order valence-corrected chi connectivity index (χ1v) is 3.46. The zero-order valence-electron chi connectivity index (χ0n) is 6.64. The minimum Gasteiger partial charge on any atom is -0.480 e. The van der Waals surface area contributed by atoms with Gasteiger partial charge in [0.25, 0.3) is 0 Å². The smallest absolute Gasteiger partial charge is 0.323 e. The minimum absolute atomic E-state index is 0. The fourth-order valence-corrected chi connectivity index (χ4v) is 0.671. The molecular formula is C6H15ClN2O3. The van der Waals surface area contributed by atoms with Gasteiger partial charge in [0.1, 0.15) is 6.04 Å². The van der Waals surface area contributed by atoms with E-state index in [1.807, 2.05) is 0 Å². The summed E-state index contributed by atoms with van der Waals surface area (Å²) in [7, 11) is 0. The molecule has 12 heavy (non-hydrogen) atoms. The quantitative estimate of drug-likeness (QED) is 0.449. The molecule has 0 rings (SSSR count). The lowest BCUT2D eigenvalue weighted by Gasteiger charge is -2.13. The van der Waals surface area contributed by atoms with Gasteiger partial charge in [-0.05, 0) is 19.4 Å². The van der Waals surface area contributed by atoms with Gasteiger partial charge < -0.3 is 21.7 Å². The van der Waals surface area contributed by atoms with Gasteiger partial charge >= 0.3 is 5.97 Å². The van der Waals surface area contributed by atoms with E-state index in [2.05, 4.69) is 0 Å². The maximum Gasteiger partial charge on any atom is 0.323 e. The van der Waals surface area contributed by atoms with Crippen LogP contribution in [-0.4, -0.2) is 34.9 Å². The van der Waals surface area contributed by atoms with Crippen molar-refractivity contribution in [3.05, 3.63) is 0 Å². The Kier molecular flexibility index (Phi) is 8.62. The van der Waals surface area contributed by atoms with Crippen LogP contribution >= 0.6 is 12.4 Å². The molecule has 2 atom stereocenters. The number of carboxylic acids is 1. The molecule has 0 saturated heterocycles. The van der Waals surface area contributed by atoms with Crippen LogP contribution in [0.5, 0.6) is 0 Å². The molecule has 0 aliphatic rings. The minimum atomic E-state index is -1.19. The van der Waals surface area contributed by atoms with Crippen molar-refractivity contribution in [3.8, 4) is 0 Å². The SMILES string of the molecule is Cl.NCCC[C@@H](O)[C@H](N)C(=O)O. The van der Waals surface area contributed by atoms with Gasteiger partial charge in [0.15, 0.2) is 0 Å². The Labute approximate surface area is 77.1 Å². The Bertz CT molecular complexity index is 134. The lowest BCUT2D eigenvalue weighted by atomic mass is 10.1. The van der Waals surface area contributed by atoms with Crippen LogP contribution in [0.15, 0.2) is 0 Å². The van der Waals surface area contributed by atoms with Crippen molar-refractivity contribution in [3.63, 3.8) is 0 Å². The van der Waals surface area contributed by atoms with E-state index in [1.54, 1.807) is 0 Å². The molecule has 0 aliphatic heterocycles. The zero-order chi connectivity index (χ0) is 8.85. The van der Waals surface area contributed by atoms with Crippen molar-refractivity contribution in [2.45, 2.75) is 25.0 Å². The van der Waals surface area contributed by atoms with E-state index in [4.69, 9.17) is 21.7 Å². The van der Waals surface area contributed by atoms with Crippen LogP contribution in [0.2, 0.25) is 0 Å². The Morgan fingerprint density at radius 3 is 2.33 bits per heavy atom. The first-order valence-electron chi connectivity index (χ1n) is 3.46. The maximum absolute atomic E-state index is 10.2. The molecule has 6 N–H and O–H groups in total. The fourth-order valence-electron chi connectivity index (χ4n) is 0.671. The second-order valence-corrected chi connectivity index (χ2v) is 2.36. The van der Waals surface area contributed by atoms with Crippen LogP contribution in [0.4, 0.5) is 0 Å². The highest BCUT2D eigenvalue weighted by molar-refractivity contribution is 5.85. The molecule has 5 nitrogen and oxygen atoms in total. The summed E-state index contributed by atoms with van der Waals surface area (Å²) < 4.78 is 0. The molecule has 0 spiro atoms. The molecule has 0 amide bonds. The second-order valence-electron chi connectivity index (χ2n) is 2.36. The van der Waals surface area contributed by atoms with E-state index in [0.29, 0.717) is 19.4 Å². The molecule has 0 heterocycles. The predicted octanol–water partition coefficient (Wildman–Crippen LogP) is -1.08. The Morgan fingerprint density at radius 1 is 1.50 bits per heavy atom. The molecule has 0 saturated carbocycles. The number of carbonyl (C=O) groups is 1. The third-order valence-corrected chi connectivity index (χ3v) is 1.40. The molecule has 6 heteroatoms. The average Bonchev–Trinajstić information content (AvgIpc) is 1.98. The fraction of sp³-hybridized carbons (Fsp3) is 0.833. The van der Waals surface area contributed by atoms with E-state index < -0.39 is 18.1 Å². The summed E-state index contributed by atoms with van der Waals surface area (Å²) in [6, 6.07) is -1.19. The van der Waals surface area contributed by atoms with Gasteiger partial charge in [0.2, 0.25) is 0 Å². The van der Waals surface area contributed by atoms with Crippen LogP contribution in [0.25, 0.3) is 0 Å². The van der Waals surface area contributed by atoms with Crippen molar-refractivity contribution >= 4 is 18.4 Å². The zero-order valence-corrected chi connectivity index (χ0v) is 7.46. The molecule has 0 aromatic rings. The number of rotatable bonds is 5. The van der Waals surface area contributed by atoms with Crippen LogP contribution in [0, 0.1) is 0 Å². The van der Waals surface area contributed by atoms with Gasteiger partial charge in [0.05, 0.1) is 6.10 Å². The largest absolute Gasteiger partial charge is 0.480 e. The van der Waals surface area contributed by atoms with Crippen molar-refractivity contribution in [1.29, 1.82) is 0 Å². The molecular weight excluding hydrogens is 184 g/mol. The first kappa shape index (κ1) is 14.2. The van der Waals surface area contributed by atoms with Crippen molar-refractivity contribution in [2.24, 2.45) is 11.5 Å². The van der Waals surface area contributed by atoms with Crippen molar-refractivity contribution < 1.29 is 15.0 Å². The molecule has 74 valence electrons. The number of aliphatic hydroxyl groups excluding tert-OH is 1. The predicted molar refractivity (Wildman–Crippen MR) is 47.2 cm³/mol. The summed E-state index contributed by atoms with van der Waals surface area (Å²) in [5, 5.41) is 17.4. The van der Waals surface area contributed by atoms with Gasteiger partial charge in [-0.15, -0.1) is 12.4 Å². The number of hydrogen-bond acceptors (Lipinski definition) is 4. The summed E-state index contributed by atoms with van der Waals surface area (Å²) in [4.78, 5) is 10.2. The second kappa shape index (κ2) is 7.30. The van der Waals surface area contributed by atoms with Crippen molar-refractivity contribution in [2.75, 3.05) is 6.54 Å². The number of halogens is 1. The van der Waals surface area contributed by atoms with Crippen molar-refractivity contribution in [1.82, 2.24) is 0 Å². The molecule has 0 fully saturated rings. The van der Waals surface area contributed by atoms with Crippen LogP contribution in [-0.2, 0) is 4.79 Å².